The number of para-hydroxylation sites is 2. The number of fused-ring (bicyclic) bond motifs is 9. The minimum Gasteiger partial charge on any atom is -0.455 e. The van der Waals surface area contributed by atoms with Crippen LogP contribution in [0.2, 0.25) is 0 Å². The van der Waals surface area contributed by atoms with E-state index in [4.69, 9.17) is 4.42 Å². The molecule has 0 saturated carbocycles. The van der Waals surface area contributed by atoms with Crippen molar-refractivity contribution in [1.29, 1.82) is 0 Å². The Hall–Kier alpha value is -7.88. The average Bonchev–Trinajstić information content (AvgIpc) is 3.86. The number of hydrogen-bond donors (Lipinski definition) is 0. The Labute approximate surface area is 341 Å². The maximum atomic E-state index is 6.71. The first-order valence-electron chi connectivity index (χ1n) is 20.2. The van der Waals surface area contributed by atoms with Gasteiger partial charge in [0, 0.05) is 38.6 Å². The lowest BCUT2D eigenvalue weighted by Gasteiger charge is -2.27. The molecule has 0 fully saturated rings. The number of nitrogens with zero attached hydrogens (tertiary/aromatic N) is 2. The van der Waals surface area contributed by atoms with E-state index in [1.165, 1.54) is 38.1 Å². The lowest BCUT2D eigenvalue weighted by molar-refractivity contribution is 0.672. The van der Waals surface area contributed by atoms with Gasteiger partial charge in [0.2, 0.25) is 0 Å². The van der Waals surface area contributed by atoms with Crippen molar-refractivity contribution in [2.45, 2.75) is 0 Å². The van der Waals surface area contributed by atoms with Crippen LogP contribution in [0, 0.1) is 0 Å². The molecule has 0 radical (unpaired) electrons. The summed E-state index contributed by atoms with van der Waals surface area (Å²) in [6, 6.07) is 78.7. The molecule has 12 rings (SSSR count). The van der Waals surface area contributed by atoms with Crippen LogP contribution in [0.4, 0.5) is 17.1 Å². The second kappa shape index (κ2) is 13.4. The number of furan rings is 1. The number of rotatable bonds is 6. The molecule has 0 aliphatic rings. The van der Waals surface area contributed by atoms with Gasteiger partial charge in [-0.15, -0.1) is 0 Å². The third-order valence-electron chi connectivity index (χ3n) is 12.0. The van der Waals surface area contributed by atoms with Crippen molar-refractivity contribution >= 4 is 82.4 Å². The summed E-state index contributed by atoms with van der Waals surface area (Å²) in [5, 5.41) is 9.46. The SMILES string of the molecule is c1cc(-c2cccc3ccccc23)cc(N(c2ccc(-c3cccc(-n4c5ccccc5c5ccccc54)c3)cc2)c2cccc3oc4c5ccccc5ccc4c23)c1. The van der Waals surface area contributed by atoms with E-state index < -0.39 is 0 Å². The molecule has 0 N–H and O–H groups in total. The lowest BCUT2D eigenvalue weighted by Crippen LogP contribution is -2.10. The topological polar surface area (TPSA) is 21.3 Å². The highest BCUT2D eigenvalue weighted by molar-refractivity contribution is 6.19. The maximum absolute atomic E-state index is 6.71. The lowest BCUT2D eigenvalue weighted by atomic mass is 9.97. The second-order valence-corrected chi connectivity index (χ2v) is 15.3. The summed E-state index contributed by atoms with van der Waals surface area (Å²) in [5.41, 5.74) is 13.2. The molecule has 0 unspecified atom stereocenters. The molecule has 12 aromatic rings. The fourth-order valence-corrected chi connectivity index (χ4v) is 9.27. The zero-order valence-corrected chi connectivity index (χ0v) is 32.1. The molecule has 59 heavy (non-hydrogen) atoms. The van der Waals surface area contributed by atoms with Crippen molar-refractivity contribution in [2.75, 3.05) is 4.90 Å². The van der Waals surface area contributed by atoms with Crippen LogP contribution in [0.3, 0.4) is 0 Å². The van der Waals surface area contributed by atoms with Gasteiger partial charge in [0.15, 0.2) is 0 Å². The Balaban J connectivity index is 1.02. The molecular formula is C56H36N2O. The van der Waals surface area contributed by atoms with Crippen LogP contribution >= 0.6 is 0 Å². The number of hydrogen-bond acceptors (Lipinski definition) is 2. The zero-order chi connectivity index (χ0) is 38.9. The van der Waals surface area contributed by atoms with E-state index in [1.54, 1.807) is 0 Å². The first kappa shape index (κ1) is 33.3. The molecule has 276 valence electrons. The summed E-state index contributed by atoms with van der Waals surface area (Å²) >= 11 is 0. The van der Waals surface area contributed by atoms with Crippen LogP contribution in [0.5, 0.6) is 0 Å². The highest BCUT2D eigenvalue weighted by atomic mass is 16.3. The van der Waals surface area contributed by atoms with Gasteiger partial charge in [-0.3, -0.25) is 0 Å². The maximum Gasteiger partial charge on any atom is 0.143 e. The van der Waals surface area contributed by atoms with E-state index in [0.717, 1.165) is 72.2 Å². The molecule has 2 heterocycles. The molecule has 0 bridgehead atoms. The van der Waals surface area contributed by atoms with Gasteiger partial charge in [-0.2, -0.15) is 0 Å². The fraction of sp³-hybridized carbons (Fsp3) is 0. The summed E-state index contributed by atoms with van der Waals surface area (Å²) in [7, 11) is 0. The Morgan fingerprint density at radius 1 is 0.373 bits per heavy atom. The first-order chi connectivity index (χ1) is 29.3. The van der Waals surface area contributed by atoms with Gasteiger partial charge in [0.1, 0.15) is 11.2 Å². The average molecular weight is 753 g/mol. The van der Waals surface area contributed by atoms with Crippen molar-refractivity contribution in [2.24, 2.45) is 0 Å². The van der Waals surface area contributed by atoms with E-state index in [9.17, 15) is 0 Å². The second-order valence-electron chi connectivity index (χ2n) is 15.3. The minimum atomic E-state index is 0.863. The zero-order valence-electron chi connectivity index (χ0n) is 32.1. The van der Waals surface area contributed by atoms with Crippen molar-refractivity contribution in [3.63, 3.8) is 0 Å². The van der Waals surface area contributed by atoms with Crippen molar-refractivity contribution in [3.8, 4) is 27.9 Å². The third-order valence-corrected chi connectivity index (χ3v) is 12.0. The Morgan fingerprint density at radius 3 is 1.80 bits per heavy atom. The molecule has 2 aromatic heterocycles. The molecular weight excluding hydrogens is 717 g/mol. The van der Waals surface area contributed by atoms with Crippen LogP contribution in [0.15, 0.2) is 223 Å². The van der Waals surface area contributed by atoms with Crippen LogP contribution < -0.4 is 4.90 Å². The predicted octanol–water partition coefficient (Wildman–Crippen LogP) is 15.8. The molecule has 0 saturated heterocycles. The highest BCUT2D eigenvalue weighted by Gasteiger charge is 2.21. The molecule has 3 heteroatoms. The van der Waals surface area contributed by atoms with Crippen LogP contribution in [0.25, 0.3) is 93.2 Å². The number of aromatic nitrogens is 1. The standard InChI is InChI=1S/C56H36N2O/c1-3-20-45-38(13-1)15-11-24-46(45)41-17-10-18-43(36-41)57(53-27-12-28-54-55(53)50-34-31-39-14-2-4-21-47(39)56(50)59-54)42-32-29-37(30-33-42)40-16-9-19-44(35-40)58-51-25-7-5-22-48(51)49-23-6-8-26-52(49)58/h1-36H. The Kier molecular flexibility index (Phi) is 7.54. The van der Waals surface area contributed by atoms with E-state index in [2.05, 4.69) is 228 Å². The van der Waals surface area contributed by atoms with Gasteiger partial charge < -0.3 is 13.9 Å². The monoisotopic (exact) mass is 752 g/mol. The van der Waals surface area contributed by atoms with Crippen molar-refractivity contribution in [3.05, 3.63) is 218 Å². The number of benzene rings is 10. The Bertz CT molecular complexity index is 3510. The summed E-state index contributed by atoms with van der Waals surface area (Å²) in [6.45, 7) is 0. The Morgan fingerprint density at radius 2 is 1.00 bits per heavy atom. The molecule has 10 aromatic carbocycles. The summed E-state index contributed by atoms with van der Waals surface area (Å²) < 4.78 is 9.09. The van der Waals surface area contributed by atoms with E-state index in [0.29, 0.717) is 0 Å². The highest BCUT2D eigenvalue weighted by Crippen LogP contribution is 2.45. The molecule has 0 amide bonds. The van der Waals surface area contributed by atoms with Gasteiger partial charge >= 0.3 is 0 Å². The first-order valence-corrected chi connectivity index (χ1v) is 20.2. The van der Waals surface area contributed by atoms with Crippen molar-refractivity contribution in [1.82, 2.24) is 4.57 Å². The number of anilines is 3. The third kappa shape index (κ3) is 5.36. The van der Waals surface area contributed by atoms with Gasteiger partial charge in [-0.05, 0) is 105 Å². The van der Waals surface area contributed by atoms with Gasteiger partial charge in [-0.25, -0.2) is 0 Å². The fourth-order valence-electron chi connectivity index (χ4n) is 9.27. The van der Waals surface area contributed by atoms with E-state index in [1.807, 2.05) is 0 Å². The van der Waals surface area contributed by atoms with Gasteiger partial charge in [0.05, 0.1) is 22.1 Å². The van der Waals surface area contributed by atoms with E-state index in [-0.39, 0.29) is 0 Å². The minimum absolute atomic E-state index is 0.863. The van der Waals surface area contributed by atoms with E-state index >= 15 is 0 Å². The normalized spacial score (nSPS) is 11.7. The smallest absolute Gasteiger partial charge is 0.143 e. The largest absolute Gasteiger partial charge is 0.455 e. The predicted molar refractivity (Wildman–Crippen MR) is 249 cm³/mol. The molecule has 0 spiro atoms. The molecule has 3 nitrogen and oxygen atoms in total. The quantitative estimate of drug-likeness (QED) is 0.169. The molecule has 0 aliphatic heterocycles. The van der Waals surface area contributed by atoms with Gasteiger partial charge in [-0.1, -0.05) is 152 Å². The molecule has 0 aliphatic carbocycles. The van der Waals surface area contributed by atoms with Crippen LogP contribution in [-0.2, 0) is 0 Å². The van der Waals surface area contributed by atoms with Crippen molar-refractivity contribution < 1.29 is 4.42 Å². The summed E-state index contributed by atoms with van der Waals surface area (Å²) in [4.78, 5) is 2.39. The summed E-state index contributed by atoms with van der Waals surface area (Å²) in [5.74, 6) is 0. The summed E-state index contributed by atoms with van der Waals surface area (Å²) in [6.07, 6.45) is 0. The van der Waals surface area contributed by atoms with Crippen LogP contribution in [0.1, 0.15) is 0 Å². The van der Waals surface area contributed by atoms with Crippen LogP contribution in [-0.4, -0.2) is 4.57 Å². The van der Waals surface area contributed by atoms with Gasteiger partial charge in [0.25, 0.3) is 0 Å². The molecule has 0 atom stereocenters.